The lowest BCUT2D eigenvalue weighted by Crippen LogP contribution is -2.38. The molecular weight excluding hydrogens is 321 g/mol. The molecule has 1 aliphatic heterocycles. The Kier molecular flexibility index (Phi) is 9.29. The van der Waals surface area contributed by atoms with E-state index in [1.165, 1.54) is 12.1 Å². The van der Waals surface area contributed by atoms with E-state index in [0.29, 0.717) is 6.10 Å². The van der Waals surface area contributed by atoms with Crippen LogP contribution in [0.5, 0.6) is 0 Å². The lowest BCUT2D eigenvalue weighted by atomic mass is 10.1. The second kappa shape index (κ2) is 11.8. The summed E-state index contributed by atoms with van der Waals surface area (Å²) >= 11 is 0. The highest BCUT2D eigenvalue weighted by atomic mass is 19.1. The molecule has 0 bridgehead atoms. The number of nitrogens with zero attached hydrogens (tertiary/aromatic N) is 1. The summed E-state index contributed by atoms with van der Waals surface area (Å²) in [6, 6.07) is 6.61. The van der Waals surface area contributed by atoms with Crippen molar-refractivity contribution in [1.29, 1.82) is 0 Å². The summed E-state index contributed by atoms with van der Waals surface area (Å²) in [5.74, 6) is 0.616. The zero-order chi connectivity index (χ0) is 17.7. The van der Waals surface area contributed by atoms with Crippen LogP contribution in [0.4, 0.5) is 4.39 Å². The minimum absolute atomic E-state index is 0.199. The first-order chi connectivity index (χ1) is 12.3. The van der Waals surface area contributed by atoms with Crippen LogP contribution < -0.4 is 10.6 Å². The molecule has 25 heavy (non-hydrogen) atoms. The molecule has 0 aromatic heterocycles. The Hall–Kier alpha value is -1.66. The van der Waals surface area contributed by atoms with Crippen LogP contribution >= 0.6 is 0 Å². The van der Waals surface area contributed by atoms with Gasteiger partial charge in [-0.05, 0) is 50.3 Å². The minimum Gasteiger partial charge on any atom is -0.381 e. The number of hydrogen-bond acceptors (Lipinski definition) is 3. The Labute approximate surface area is 150 Å². The van der Waals surface area contributed by atoms with Crippen molar-refractivity contribution < 1.29 is 13.9 Å². The van der Waals surface area contributed by atoms with Gasteiger partial charge in [-0.1, -0.05) is 12.1 Å². The van der Waals surface area contributed by atoms with Crippen LogP contribution in [0.15, 0.2) is 29.3 Å². The zero-order valence-corrected chi connectivity index (χ0v) is 15.1. The van der Waals surface area contributed by atoms with Gasteiger partial charge in [0.25, 0.3) is 0 Å². The van der Waals surface area contributed by atoms with Crippen molar-refractivity contribution in [2.45, 2.75) is 38.7 Å². The van der Waals surface area contributed by atoms with Crippen molar-refractivity contribution in [2.75, 3.05) is 39.5 Å². The molecule has 2 N–H and O–H groups in total. The molecule has 6 heteroatoms. The monoisotopic (exact) mass is 351 g/mol. The average molecular weight is 351 g/mol. The number of ether oxygens (including phenoxy) is 2. The van der Waals surface area contributed by atoms with E-state index in [9.17, 15) is 4.39 Å². The molecular formula is C19H30FN3O2. The van der Waals surface area contributed by atoms with E-state index in [0.717, 1.165) is 76.7 Å². The van der Waals surface area contributed by atoms with E-state index in [4.69, 9.17) is 9.47 Å². The smallest absolute Gasteiger partial charge is 0.191 e. The van der Waals surface area contributed by atoms with Gasteiger partial charge in [-0.25, -0.2) is 4.39 Å². The topological polar surface area (TPSA) is 54.9 Å². The van der Waals surface area contributed by atoms with Gasteiger partial charge in [-0.2, -0.15) is 0 Å². The molecule has 1 aromatic carbocycles. The average Bonchev–Trinajstić information content (AvgIpc) is 2.64. The molecule has 0 aliphatic carbocycles. The molecule has 0 amide bonds. The number of rotatable bonds is 9. The summed E-state index contributed by atoms with van der Waals surface area (Å²) in [6.07, 6.45) is 4.08. The van der Waals surface area contributed by atoms with Gasteiger partial charge in [-0.15, -0.1) is 0 Å². The first kappa shape index (κ1) is 19.7. The summed E-state index contributed by atoms with van der Waals surface area (Å²) in [5, 5.41) is 6.55. The number of aliphatic imine (C=N–C) groups is 1. The van der Waals surface area contributed by atoms with Crippen molar-refractivity contribution in [3.05, 3.63) is 35.6 Å². The molecule has 0 saturated carbocycles. The number of nitrogens with one attached hydrogen (secondary N) is 2. The van der Waals surface area contributed by atoms with Crippen LogP contribution in [-0.2, 0) is 15.9 Å². The predicted molar refractivity (Wildman–Crippen MR) is 98.5 cm³/mol. The van der Waals surface area contributed by atoms with Crippen molar-refractivity contribution >= 4 is 5.96 Å². The van der Waals surface area contributed by atoms with Crippen LogP contribution in [-0.4, -0.2) is 51.5 Å². The number of hydrogen-bond donors (Lipinski definition) is 2. The number of halogens is 1. The molecule has 1 heterocycles. The molecule has 1 fully saturated rings. The normalized spacial score (nSPS) is 16.0. The summed E-state index contributed by atoms with van der Waals surface area (Å²) in [7, 11) is 0. The molecule has 0 unspecified atom stereocenters. The van der Waals surface area contributed by atoms with Gasteiger partial charge < -0.3 is 20.1 Å². The Bertz CT molecular complexity index is 502. The van der Waals surface area contributed by atoms with Gasteiger partial charge in [0.05, 0.1) is 6.10 Å². The van der Waals surface area contributed by atoms with Crippen molar-refractivity contribution in [3.8, 4) is 0 Å². The zero-order valence-electron chi connectivity index (χ0n) is 15.1. The molecule has 140 valence electrons. The van der Waals surface area contributed by atoms with E-state index >= 15 is 0 Å². The standard InChI is InChI=1S/C19H30FN3O2/c1-2-21-19(23-12-8-16-4-6-17(20)7-5-16)22-11-3-13-25-18-9-14-24-15-10-18/h4-7,18H,2-3,8-15H2,1H3,(H2,21,22,23). The number of guanidine groups is 1. The number of benzene rings is 1. The summed E-state index contributed by atoms with van der Waals surface area (Å²) in [4.78, 5) is 4.57. The minimum atomic E-state index is -0.199. The Balaban J connectivity index is 1.62. The van der Waals surface area contributed by atoms with Crippen LogP contribution in [0, 0.1) is 5.82 Å². The maximum atomic E-state index is 12.9. The lowest BCUT2D eigenvalue weighted by molar-refractivity contribution is -0.0318. The van der Waals surface area contributed by atoms with E-state index in [1.807, 2.05) is 19.1 Å². The molecule has 5 nitrogen and oxygen atoms in total. The maximum absolute atomic E-state index is 12.9. The van der Waals surface area contributed by atoms with Crippen LogP contribution in [0.1, 0.15) is 31.7 Å². The Morgan fingerprint density at radius 1 is 1.24 bits per heavy atom. The molecule has 1 aromatic rings. The SMILES string of the molecule is CCNC(=NCCCOC1CCOCC1)NCCc1ccc(F)cc1. The van der Waals surface area contributed by atoms with Crippen LogP contribution in [0.2, 0.25) is 0 Å². The van der Waals surface area contributed by atoms with E-state index in [1.54, 1.807) is 0 Å². The summed E-state index contributed by atoms with van der Waals surface area (Å²) < 4.78 is 24.1. The quantitative estimate of drug-likeness (QED) is 0.408. The summed E-state index contributed by atoms with van der Waals surface area (Å²) in [5.41, 5.74) is 1.11. The third kappa shape index (κ3) is 8.31. The molecule has 0 radical (unpaired) electrons. The van der Waals surface area contributed by atoms with Crippen molar-refractivity contribution in [1.82, 2.24) is 10.6 Å². The van der Waals surface area contributed by atoms with Gasteiger partial charge in [0, 0.05) is 39.5 Å². The highest BCUT2D eigenvalue weighted by Crippen LogP contribution is 2.10. The van der Waals surface area contributed by atoms with E-state index in [-0.39, 0.29) is 5.82 Å². The van der Waals surface area contributed by atoms with Gasteiger partial charge in [0.2, 0.25) is 0 Å². The third-order valence-corrected chi connectivity index (χ3v) is 4.06. The van der Waals surface area contributed by atoms with Gasteiger partial charge >= 0.3 is 0 Å². The second-order valence-corrected chi connectivity index (χ2v) is 6.10. The molecule has 1 saturated heterocycles. The Morgan fingerprint density at radius 3 is 2.72 bits per heavy atom. The lowest BCUT2D eigenvalue weighted by Gasteiger charge is -2.22. The molecule has 0 atom stereocenters. The molecule has 1 aliphatic rings. The van der Waals surface area contributed by atoms with Gasteiger partial charge in [0.15, 0.2) is 5.96 Å². The van der Waals surface area contributed by atoms with Crippen LogP contribution in [0.3, 0.4) is 0 Å². The van der Waals surface area contributed by atoms with E-state index in [2.05, 4.69) is 15.6 Å². The fourth-order valence-corrected chi connectivity index (χ4v) is 2.67. The summed E-state index contributed by atoms with van der Waals surface area (Å²) in [6.45, 7) is 6.72. The van der Waals surface area contributed by atoms with Gasteiger partial charge in [0.1, 0.15) is 5.82 Å². The van der Waals surface area contributed by atoms with Crippen molar-refractivity contribution in [2.24, 2.45) is 4.99 Å². The third-order valence-electron chi connectivity index (χ3n) is 4.06. The molecule has 0 spiro atoms. The Morgan fingerprint density at radius 2 is 2.00 bits per heavy atom. The highest BCUT2D eigenvalue weighted by Gasteiger charge is 2.13. The van der Waals surface area contributed by atoms with Crippen molar-refractivity contribution in [3.63, 3.8) is 0 Å². The van der Waals surface area contributed by atoms with Gasteiger partial charge in [-0.3, -0.25) is 4.99 Å². The molecule has 2 rings (SSSR count). The second-order valence-electron chi connectivity index (χ2n) is 6.10. The highest BCUT2D eigenvalue weighted by molar-refractivity contribution is 5.79. The van der Waals surface area contributed by atoms with E-state index < -0.39 is 0 Å². The fraction of sp³-hybridized carbons (Fsp3) is 0.632. The largest absolute Gasteiger partial charge is 0.381 e. The fourth-order valence-electron chi connectivity index (χ4n) is 2.67. The maximum Gasteiger partial charge on any atom is 0.191 e. The first-order valence-corrected chi connectivity index (χ1v) is 9.24. The first-order valence-electron chi connectivity index (χ1n) is 9.24. The van der Waals surface area contributed by atoms with Crippen LogP contribution in [0.25, 0.3) is 0 Å². The predicted octanol–water partition coefficient (Wildman–Crippen LogP) is 2.51.